The largest absolute Gasteiger partial charge is 0.507 e. The summed E-state index contributed by atoms with van der Waals surface area (Å²) in [5.41, 5.74) is 1.69. The summed E-state index contributed by atoms with van der Waals surface area (Å²) in [6, 6.07) is 3.29. The Kier molecular flexibility index (Phi) is 5.89. The average Bonchev–Trinajstić information content (AvgIpc) is 2.76. The van der Waals surface area contributed by atoms with Crippen molar-refractivity contribution in [1.29, 1.82) is 0 Å². The molecule has 1 heterocycles. The lowest BCUT2D eigenvalue weighted by molar-refractivity contribution is -0.137. The fourth-order valence-electron chi connectivity index (χ4n) is 4.55. The lowest BCUT2D eigenvalue weighted by Crippen LogP contribution is -2.54. The van der Waals surface area contributed by atoms with E-state index >= 15 is 0 Å². The Morgan fingerprint density at radius 3 is 2.36 bits per heavy atom. The molecule has 0 bridgehead atoms. The molecule has 11 heteroatoms. The number of carbonyl (C=O) groups excluding carboxylic acids is 2. The van der Waals surface area contributed by atoms with E-state index in [4.69, 9.17) is 4.74 Å². The van der Waals surface area contributed by atoms with Gasteiger partial charge in [0.25, 0.3) is 0 Å². The first-order valence-corrected chi connectivity index (χ1v) is 10.2. The van der Waals surface area contributed by atoms with E-state index < -0.39 is 65.5 Å². The molecule has 176 valence electrons. The van der Waals surface area contributed by atoms with Gasteiger partial charge < -0.3 is 40.6 Å². The Hall–Kier alpha value is -3.38. The standard InChI is InChI=1S/C22H23NO10/c24-7-9-3-10(21(31)19(23-32)20(9)30)17-13(27)5-14(28)18-15(29)6-16(33-22(17)18)8-1-2-11(25)12(26)4-8/h1-2,4-5,9-10,16,19-20,23-28,30,32H,3,6-7H2. The summed E-state index contributed by atoms with van der Waals surface area (Å²) in [5, 5.41) is 69.6. The van der Waals surface area contributed by atoms with Crippen molar-refractivity contribution in [3.63, 3.8) is 0 Å². The number of hydrogen-bond donors (Lipinski definition) is 8. The molecule has 5 atom stereocenters. The maximum atomic E-state index is 13.0. The molecule has 8 N–H and O–H groups in total. The fraction of sp³-hybridized carbons (Fsp3) is 0.364. The third-order valence-corrected chi connectivity index (χ3v) is 6.29. The van der Waals surface area contributed by atoms with Crippen molar-refractivity contribution in [3.8, 4) is 28.7 Å². The number of aromatic hydroxyl groups is 4. The van der Waals surface area contributed by atoms with Crippen LogP contribution in [0.3, 0.4) is 0 Å². The molecule has 1 aliphatic carbocycles. The van der Waals surface area contributed by atoms with Crippen molar-refractivity contribution in [2.45, 2.75) is 37.0 Å². The van der Waals surface area contributed by atoms with E-state index in [0.29, 0.717) is 5.56 Å². The molecule has 0 radical (unpaired) electrons. The molecule has 2 aromatic carbocycles. The highest BCUT2D eigenvalue weighted by atomic mass is 16.5. The van der Waals surface area contributed by atoms with Gasteiger partial charge in [0, 0.05) is 24.2 Å². The maximum Gasteiger partial charge on any atom is 0.174 e. The number of fused-ring (bicyclic) bond motifs is 1. The zero-order valence-corrected chi connectivity index (χ0v) is 17.2. The van der Waals surface area contributed by atoms with E-state index in [-0.39, 0.29) is 35.5 Å². The quantitative estimate of drug-likeness (QED) is 0.234. The van der Waals surface area contributed by atoms with E-state index in [0.717, 1.165) is 6.07 Å². The number of hydroxylamine groups is 1. The number of aliphatic hydroxyl groups excluding tert-OH is 2. The normalized spacial score (nSPS) is 27.2. The molecule has 1 aliphatic heterocycles. The first-order chi connectivity index (χ1) is 15.7. The van der Waals surface area contributed by atoms with Gasteiger partial charge in [-0.3, -0.25) is 9.59 Å². The summed E-state index contributed by atoms with van der Waals surface area (Å²) in [7, 11) is 0. The van der Waals surface area contributed by atoms with E-state index in [1.807, 2.05) is 0 Å². The third-order valence-electron chi connectivity index (χ3n) is 6.29. The van der Waals surface area contributed by atoms with Gasteiger partial charge in [-0.2, -0.15) is 5.48 Å². The number of phenols is 4. The molecule has 0 spiro atoms. The van der Waals surface area contributed by atoms with Crippen molar-refractivity contribution < 1.29 is 50.2 Å². The number of ketones is 2. The highest BCUT2D eigenvalue weighted by Gasteiger charge is 2.47. The molecular weight excluding hydrogens is 438 g/mol. The molecule has 1 fully saturated rings. The number of Topliss-reactive ketones (excluding diaryl/α,β-unsaturated/α-hetero) is 2. The Morgan fingerprint density at radius 1 is 1.00 bits per heavy atom. The zero-order valence-electron chi connectivity index (χ0n) is 17.2. The van der Waals surface area contributed by atoms with Gasteiger partial charge in [0.15, 0.2) is 23.1 Å². The van der Waals surface area contributed by atoms with Crippen LogP contribution in [0, 0.1) is 5.92 Å². The summed E-state index contributed by atoms with van der Waals surface area (Å²) in [4.78, 5) is 25.9. The van der Waals surface area contributed by atoms with Gasteiger partial charge in [0.05, 0.1) is 18.4 Å². The summed E-state index contributed by atoms with van der Waals surface area (Å²) in [6.45, 7) is -0.515. The Bertz CT molecular complexity index is 1120. The highest BCUT2D eigenvalue weighted by Crippen LogP contribution is 2.51. The summed E-state index contributed by atoms with van der Waals surface area (Å²) < 4.78 is 5.95. The molecule has 2 aromatic rings. The highest BCUT2D eigenvalue weighted by molar-refractivity contribution is 6.04. The van der Waals surface area contributed by atoms with Crippen LogP contribution in [-0.2, 0) is 4.79 Å². The topological polar surface area (TPSA) is 197 Å². The van der Waals surface area contributed by atoms with Crippen molar-refractivity contribution in [2.75, 3.05) is 6.61 Å². The van der Waals surface area contributed by atoms with Gasteiger partial charge >= 0.3 is 0 Å². The molecule has 11 nitrogen and oxygen atoms in total. The second-order valence-electron chi connectivity index (χ2n) is 8.25. The van der Waals surface area contributed by atoms with Gasteiger partial charge in [-0.05, 0) is 24.1 Å². The predicted molar refractivity (Wildman–Crippen MR) is 110 cm³/mol. The SMILES string of the molecule is O=C1CC(c2ccc(O)c(O)c2)Oc2c1c(O)cc(O)c2C1CC(CO)C(O)C(NO)C1=O. The van der Waals surface area contributed by atoms with Crippen LogP contribution in [0.5, 0.6) is 28.7 Å². The maximum absolute atomic E-state index is 13.0. The first kappa shape index (κ1) is 22.8. The number of rotatable bonds is 4. The lowest BCUT2D eigenvalue weighted by atomic mass is 9.72. The molecule has 0 aromatic heterocycles. The van der Waals surface area contributed by atoms with Gasteiger partial charge in [0.1, 0.15) is 35.0 Å². The van der Waals surface area contributed by atoms with Crippen LogP contribution >= 0.6 is 0 Å². The van der Waals surface area contributed by atoms with Gasteiger partial charge in [-0.25, -0.2) is 0 Å². The van der Waals surface area contributed by atoms with Crippen molar-refractivity contribution in [3.05, 3.63) is 41.0 Å². The monoisotopic (exact) mass is 461 g/mol. The van der Waals surface area contributed by atoms with Crippen LogP contribution in [0.1, 0.15) is 46.3 Å². The van der Waals surface area contributed by atoms with Crippen LogP contribution in [0.2, 0.25) is 0 Å². The average molecular weight is 461 g/mol. The first-order valence-electron chi connectivity index (χ1n) is 10.2. The van der Waals surface area contributed by atoms with Crippen LogP contribution in [0.15, 0.2) is 24.3 Å². The van der Waals surface area contributed by atoms with Crippen LogP contribution < -0.4 is 10.2 Å². The zero-order chi connectivity index (χ0) is 24.0. The van der Waals surface area contributed by atoms with Crippen molar-refractivity contribution in [1.82, 2.24) is 5.48 Å². The van der Waals surface area contributed by atoms with Gasteiger partial charge in [0.2, 0.25) is 0 Å². The van der Waals surface area contributed by atoms with E-state index in [2.05, 4.69) is 0 Å². The van der Waals surface area contributed by atoms with Gasteiger partial charge in [-0.1, -0.05) is 6.07 Å². The molecule has 0 saturated heterocycles. The lowest BCUT2D eigenvalue weighted by Gasteiger charge is -2.38. The number of hydrogen-bond acceptors (Lipinski definition) is 11. The second kappa shape index (κ2) is 8.52. The van der Waals surface area contributed by atoms with E-state index in [1.165, 1.54) is 18.2 Å². The van der Waals surface area contributed by atoms with Crippen LogP contribution in [0.4, 0.5) is 0 Å². The molecule has 1 saturated carbocycles. The fourth-order valence-corrected chi connectivity index (χ4v) is 4.55. The molecule has 2 aliphatic rings. The number of nitrogens with one attached hydrogen (secondary N) is 1. The Balaban J connectivity index is 1.83. The molecule has 5 unspecified atom stereocenters. The van der Waals surface area contributed by atoms with E-state index in [1.54, 1.807) is 5.48 Å². The molecule has 0 amide bonds. The molecule has 4 rings (SSSR count). The minimum absolute atomic E-state index is 0.123. The van der Waals surface area contributed by atoms with Crippen molar-refractivity contribution >= 4 is 11.6 Å². The Labute approximate surface area is 187 Å². The summed E-state index contributed by atoms with van der Waals surface area (Å²) in [5.74, 6) is -5.45. The van der Waals surface area contributed by atoms with Crippen LogP contribution in [0.25, 0.3) is 0 Å². The smallest absolute Gasteiger partial charge is 0.174 e. The molecular formula is C22H23NO10. The number of phenolic OH excluding ortho intramolecular Hbond substituents is 4. The summed E-state index contributed by atoms with van der Waals surface area (Å²) >= 11 is 0. The third kappa shape index (κ3) is 3.74. The number of aliphatic hydroxyl groups is 2. The minimum atomic E-state index is -1.46. The number of benzene rings is 2. The predicted octanol–water partition coefficient (Wildman–Crippen LogP) is 0.589. The van der Waals surface area contributed by atoms with Crippen molar-refractivity contribution in [2.24, 2.45) is 5.92 Å². The number of carbonyl (C=O) groups is 2. The van der Waals surface area contributed by atoms with E-state index in [9.17, 15) is 45.4 Å². The molecule has 33 heavy (non-hydrogen) atoms. The van der Waals surface area contributed by atoms with Gasteiger partial charge in [-0.15, -0.1) is 0 Å². The summed E-state index contributed by atoms with van der Waals surface area (Å²) in [6.07, 6.45) is -2.72. The van der Waals surface area contributed by atoms with Crippen LogP contribution in [-0.4, -0.2) is 66.2 Å². The number of ether oxygens (including phenoxy) is 1. The Morgan fingerprint density at radius 2 is 1.73 bits per heavy atom. The minimum Gasteiger partial charge on any atom is -0.507 e. The second-order valence-corrected chi connectivity index (χ2v) is 8.25.